The first-order valence-electron chi connectivity index (χ1n) is 16.3. The lowest BCUT2D eigenvalue weighted by atomic mass is 9.69. The number of hydrogen-bond donors (Lipinski definition) is 1. The Bertz CT molecular complexity index is 1350. The fraction of sp³-hybridized carbons (Fsp3) is 0.486. The third-order valence-electron chi connectivity index (χ3n) is 10.9. The Morgan fingerprint density at radius 2 is 1.57 bits per heavy atom. The molecule has 2 saturated heterocycles. The standard InChI is InChI=1S/C37H45N3O2/c41-26-31-9-5-4-8-30(31)23-38-18-20-39(21-19-38)33-24-40(25-33)32-13-10-28(11-14-32)37-35(27-6-2-1-3-7-27)16-12-29-22-34(42)15-17-36(29)37/h1-3,6-7,10-11,13-15,17,22,26,30-31,33,35,37,42H,4-5,8-9,12,16,18-21,23-25H2/t30-,31-,35+,37-/m0/s1. The first-order chi connectivity index (χ1) is 20.7. The van der Waals surface area contributed by atoms with E-state index >= 15 is 0 Å². The molecule has 2 aliphatic carbocycles. The van der Waals surface area contributed by atoms with Crippen molar-refractivity contribution in [3.8, 4) is 5.75 Å². The smallest absolute Gasteiger partial charge is 0.123 e. The molecule has 1 saturated carbocycles. The number of benzene rings is 3. The lowest BCUT2D eigenvalue weighted by molar-refractivity contribution is -0.113. The zero-order valence-corrected chi connectivity index (χ0v) is 24.8. The van der Waals surface area contributed by atoms with Crippen molar-refractivity contribution in [1.29, 1.82) is 0 Å². The van der Waals surface area contributed by atoms with Crippen molar-refractivity contribution in [1.82, 2.24) is 9.80 Å². The second-order valence-electron chi connectivity index (χ2n) is 13.2. The van der Waals surface area contributed by atoms with Gasteiger partial charge in [0.2, 0.25) is 0 Å². The van der Waals surface area contributed by atoms with E-state index in [2.05, 4.69) is 75.4 Å². The Morgan fingerprint density at radius 3 is 2.33 bits per heavy atom. The van der Waals surface area contributed by atoms with Crippen molar-refractivity contribution in [2.45, 2.75) is 56.4 Å². The Kier molecular flexibility index (Phi) is 8.05. The summed E-state index contributed by atoms with van der Waals surface area (Å²) in [4.78, 5) is 19.4. The number of aryl methyl sites for hydroxylation is 1. The molecular weight excluding hydrogens is 518 g/mol. The molecule has 3 fully saturated rings. The van der Waals surface area contributed by atoms with E-state index in [1.807, 2.05) is 12.1 Å². The maximum Gasteiger partial charge on any atom is 0.123 e. The third-order valence-corrected chi connectivity index (χ3v) is 10.9. The number of piperazine rings is 1. The van der Waals surface area contributed by atoms with Gasteiger partial charge in [0.25, 0.3) is 0 Å². The molecule has 4 atom stereocenters. The molecule has 1 N–H and O–H groups in total. The van der Waals surface area contributed by atoms with Gasteiger partial charge in [0.1, 0.15) is 12.0 Å². The summed E-state index contributed by atoms with van der Waals surface area (Å²) in [6.45, 7) is 7.88. The van der Waals surface area contributed by atoms with Gasteiger partial charge in [-0.1, -0.05) is 61.4 Å². The number of carbonyl (C=O) groups is 1. The molecule has 0 spiro atoms. The lowest BCUT2D eigenvalue weighted by Gasteiger charge is -2.49. The maximum atomic E-state index is 11.5. The van der Waals surface area contributed by atoms with Crippen molar-refractivity contribution in [3.05, 3.63) is 95.1 Å². The van der Waals surface area contributed by atoms with E-state index in [0.29, 0.717) is 29.5 Å². The normalized spacial score (nSPS) is 27.3. The summed E-state index contributed by atoms with van der Waals surface area (Å²) in [5.41, 5.74) is 6.72. The molecule has 0 aromatic heterocycles. The Morgan fingerprint density at radius 1 is 0.810 bits per heavy atom. The van der Waals surface area contributed by atoms with Gasteiger partial charge in [-0.25, -0.2) is 0 Å². The van der Waals surface area contributed by atoms with Gasteiger partial charge < -0.3 is 19.7 Å². The van der Waals surface area contributed by atoms with E-state index in [1.54, 1.807) is 0 Å². The molecule has 5 nitrogen and oxygen atoms in total. The minimum atomic E-state index is 0.286. The largest absolute Gasteiger partial charge is 0.508 e. The molecule has 42 heavy (non-hydrogen) atoms. The molecule has 2 heterocycles. The van der Waals surface area contributed by atoms with Crippen molar-refractivity contribution >= 4 is 12.0 Å². The first kappa shape index (κ1) is 27.7. The van der Waals surface area contributed by atoms with Crippen molar-refractivity contribution in [3.63, 3.8) is 0 Å². The van der Waals surface area contributed by atoms with Crippen LogP contribution < -0.4 is 4.90 Å². The number of carbonyl (C=O) groups excluding carboxylic acids is 1. The fourth-order valence-corrected chi connectivity index (χ4v) is 8.35. The van der Waals surface area contributed by atoms with Crippen LogP contribution >= 0.6 is 0 Å². The predicted molar refractivity (Wildman–Crippen MR) is 169 cm³/mol. The molecular formula is C37H45N3O2. The number of aldehydes is 1. The van der Waals surface area contributed by atoms with E-state index in [4.69, 9.17) is 0 Å². The average molecular weight is 564 g/mol. The van der Waals surface area contributed by atoms with Gasteiger partial charge in [-0.3, -0.25) is 4.90 Å². The predicted octanol–water partition coefficient (Wildman–Crippen LogP) is 6.07. The van der Waals surface area contributed by atoms with Crippen molar-refractivity contribution in [2.75, 3.05) is 50.7 Å². The summed E-state index contributed by atoms with van der Waals surface area (Å²) >= 11 is 0. The quantitative estimate of drug-likeness (QED) is 0.354. The minimum absolute atomic E-state index is 0.286. The molecule has 5 heteroatoms. The van der Waals surface area contributed by atoms with Crippen LogP contribution in [0.1, 0.15) is 66.2 Å². The van der Waals surface area contributed by atoms with Gasteiger partial charge in [-0.2, -0.15) is 0 Å². The van der Waals surface area contributed by atoms with Crippen LogP contribution in [-0.4, -0.2) is 73.0 Å². The SMILES string of the molecule is O=C[C@@H]1CCCC[C@H]1CN1CCN(C2CN(c3ccc([C@@H]4c5ccc(O)cc5CC[C@@H]4c4ccccc4)cc3)C2)CC1. The van der Waals surface area contributed by atoms with Crippen LogP contribution in [0.25, 0.3) is 0 Å². The Balaban J connectivity index is 0.975. The molecule has 0 radical (unpaired) electrons. The lowest BCUT2D eigenvalue weighted by Crippen LogP contribution is -2.63. The highest BCUT2D eigenvalue weighted by atomic mass is 16.3. The highest BCUT2D eigenvalue weighted by Crippen LogP contribution is 2.47. The van der Waals surface area contributed by atoms with Crippen LogP contribution in [0.3, 0.4) is 0 Å². The van der Waals surface area contributed by atoms with Crippen LogP contribution in [0.2, 0.25) is 0 Å². The molecule has 220 valence electrons. The van der Waals surface area contributed by atoms with Crippen LogP contribution in [0, 0.1) is 11.8 Å². The number of phenolic OH excluding ortho intramolecular Hbond substituents is 1. The van der Waals surface area contributed by atoms with E-state index in [-0.39, 0.29) is 5.92 Å². The maximum absolute atomic E-state index is 11.5. The van der Waals surface area contributed by atoms with E-state index < -0.39 is 0 Å². The van der Waals surface area contributed by atoms with Gasteiger partial charge in [0.15, 0.2) is 0 Å². The van der Waals surface area contributed by atoms with E-state index in [9.17, 15) is 9.90 Å². The monoisotopic (exact) mass is 563 g/mol. The molecule has 0 amide bonds. The summed E-state index contributed by atoms with van der Waals surface area (Å²) < 4.78 is 0. The number of anilines is 1. The van der Waals surface area contributed by atoms with Crippen LogP contribution in [0.15, 0.2) is 72.8 Å². The van der Waals surface area contributed by atoms with Gasteiger partial charge in [0, 0.05) is 69.4 Å². The highest BCUT2D eigenvalue weighted by Gasteiger charge is 2.36. The number of rotatable bonds is 7. The van der Waals surface area contributed by atoms with Gasteiger partial charge in [-0.15, -0.1) is 0 Å². The van der Waals surface area contributed by atoms with Crippen LogP contribution in [0.5, 0.6) is 5.75 Å². The number of phenols is 1. The Hall–Kier alpha value is -3.15. The summed E-state index contributed by atoms with van der Waals surface area (Å²) in [5, 5.41) is 10.2. The fourth-order valence-electron chi connectivity index (χ4n) is 8.35. The summed E-state index contributed by atoms with van der Waals surface area (Å²) in [6.07, 6.45) is 8.16. The van der Waals surface area contributed by atoms with Gasteiger partial charge in [0.05, 0.1) is 0 Å². The molecule has 2 aliphatic heterocycles. The second kappa shape index (κ2) is 12.2. The topological polar surface area (TPSA) is 47.0 Å². The average Bonchev–Trinajstić information content (AvgIpc) is 3.01. The molecule has 4 aliphatic rings. The molecule has 0 bridgehead atoms. The summed E-state index contributed by atoms with van der Waals surface area (Å²) in [6, 6.07) is 26.9. The molecule has 0 unspecified atom stereocenters. The van der Waals surface area contributed by atoms with Gasteiger partial charge >= 0.3 is 0 Å². The summed E-state index contributed by atoms with van der Waals surface area (Å²) in [5.74, 6) is 1.95. The first-order valence-corrected chi connectivity index (χ1v) is 16.3. The zero-order valence-electron chi connectivity index (χ0n) is 24.8. The van der Waals surface area contributed by atoms with Crippen LogP contribution in [0.4, 0.5) is 5.69 Å². The molecule has 3 aromatic rings. The minimum Gasteiger partial charge on any atom is -0.508 e. The molecule has 7 rings (SSSR count). The van der Waals surface area contributed by atoms with Crippen molar-refractivity contribution in [2.24, 2.45) is 11.8 Å². The van der Waals surface area contributed by atoms with Crippen molar-refractivity contribution < 1.29 is 9.90 Å². The zero-order chi connectivity index (χ0) is 28.5. The number of nitrogens with zero attached hydrogens (tertiary/aromatic N) is 3. The van der Waals surface area contributed by atoms with Gasteiger partial charge in [-0.05, 0) is 84.0 Å². The van der Waals surface area contributed by atoms with E-state index in [0.717, 1.165) is 65.1 Å². The molecule has 3 aromatic carbocycles. The van der Waals surface area contributed by atoms with Crippen LogP contribution in [-0.2, 0) is 11.2 Å². The number of hydrogen-bond acceptors (Lipinski definition) is 5. The number of aromatic hydroxyl groups is 1. The summed E-state index contributed by atoms with van der Waals surface area (Å²) in [7, 11) is 0. The second-order valence-corrected chi connectivity index (χ2v) is 13.2. The third kappa shape index (κ3) is 5.61. The Labute approximate surface area is 251 Å². The highest BCUT2D eigenvalue weighted by molar-refractivity contribution is 5.55. The number of fused-ring (bicyclic) bond motifs is 1. The van der Waals surface area contributed by atoms with E-state index in [1.165, 1.54) is 53.5 Å².